The van der Waals surface area contributed by atoms with Crippen LogP contribution in [0.5, 0.6) is 0 Å². The molecule has 2 rings (SSSR count). The quantitative estimate of drug-likeness (QED) is 0.795. The van der Waals surface area contributed by atoms with Gasteiger partial charge in [0.05, 0.1) is 12.5 Å². The first kappa shape index (κ1) is 12.1. The largest absolute Gasteiger partial charge is 0.340 e. The fourth-order valence-corrected chi connectivity index (χ4v) is 2.15. The van der Waals surface area contributed by atoms with Gasteiger partial charge in [0.15, 0.2) is 0 Å². The number of hydrogen-bond donors (Lipinski definition) is 1. The average molecular weight is 234 g/mol. The fourth-order valence-electron chi connectivity index (χ4n) is 2.15. The Bertz CT molecular complexity index is 406. The van der Waals surface area contributed by atoms with Crippen molar-refractivity contribution in [3.05, 3.63) is 35.4 Å². The molecule has 0 saturated carbocycles. The van der Waals surface area contributed by atoms with Gasteiger partial charge in [-0.15, -0.1) is 0 Å². The number of likely N-dealkylation sites (tertiary alicyclic amines) is 1. The molecule has 1 amide bonds. The van der Waals surface area contributed by atoms with Crippen molar-refractivity contribution >= 4 is 5.91 Å². The maximum absolute atomic E-state index is 12.1. The molecule has 1 unspecified atom stereocenters. The second-order valence-electron chi connectivity index (χ2n) is 4.49. The van der Waals surface area contributed by atoms with Crippen LogP contribution >= 0.6 is 0 Å². The van der Waals surface area contributed by atoms with Gasteiger partial charge in [0.1, 0.15) is 0 Å². The highest BCUT2D eigenvalue weighted by Gasteiger charge is 2.26. The summed E-state index contributed by atoms with van der Waals surface area (Å²) in [7, 11) is 0. The van der Waals surface area contributed by atoms with Crippen molar-refractivity contribution in [2.24, 2.45) is 5.90 Å². The molecule has 0 spiro atoms. The zero-order chi connectivity index (χ0) is 12.3. The number of rotatable bonds is 3. The smallest absolute Gasteiger partial charge is 0.227 e. The molecule has 1 aliphatic heterocycles. The van der Waals surface area contributed by atoms with E-state index in [4.69, 9.17) is 10.7 Å². The normalized spacial score (nSPS) is 19.6. The summed E-state index contributed by atoms with van der Waals surface area (Å²) in [4.78, 5) is 18.7. The van der Waals surface area contributed by atoms with Crippen LogP contribution in [-0.2, 0) is 16.1 Å². The van der Waals surface area contributed by atoms with E-state index in [1.807, 2.05) is 36.1 Å². The minimum absolute atomic E-state index is 0.00387. The van der Waals surface area contributed by atoms with Crippen molar-refractivity contribution in [1.29, 1.82) is 0 Å². The van der Waals surface area contributed by atoms with Crippen LogP contribution in [0.3, 0.4) is 0 Å². The van der Waals surface area contributed by atoms with Gasteiger partial charge >= 0.3 is 0 Å². The Kier molecular flexibility index (Phi) is 3.76. The van der Waals surface area contributed by atoms with E-state index in [-0.39, 0.29) is 12.0 Å². The maximum atomic E-state index is 12.1. The zero-order valence-electron chi connectivity index (χ0n) is 10.1. The number of amides is 1. The molecule has 1 heterocycles. The van der Waals surface area contributed by atoms with E-state index in [2.05, 4.69) is 0 Å². The number of carbonyl (C=O) groups is 1. The second kappa shape index (κ2) is 5.29. The van der Waals surface area contributed by atoms with Gasteiger partial charge < -0.3 is 4.90 Å². The Labute approximate surface area is 101 Å². The lowest BCUT2D eigenvalue weighted by Gasteiger charge is -2.16. The summed E-state index contributed by atoms with van der Waals surface area (Å²) in [6.07, 6.45) is 1.29. The summed E-state index contributed by atoms with van der Waals surface area (Å²) in [6.45, 7) is 3.38. The number of hydrogen-bond acceptors (Lipinski definition) is 3. The first-order chi connectivity index (χ1) is 8.20. The van der Waals surface area contributed by atoms with Crippen molar-refractivity contribution < 1.29 is 9.63 Å². The van der Waals surface area contributed by atoms with Crippen molar-refractivity contribution in [1.82, 2.24) is 4.90 Å². The molecule has 1 atom stereocenters. The van der Waals surface area contributed by atoms with E-state index in [9.17, 15) is 4.79 Å². The number of benzene rings is 1. The molecule has 92 valence electrons. The highest BCUT2D eigenvalue weighted by Crippen LogP contribution is 2.14. The van der Waals surface area contributed by atoms with E-state index < -0.39 is 0 Å². The van der Waals surface area contributed by atoms with Gasteiger partial charge in [0.2, 0.25) is 5.91 Å². The molecule has 2 N–H and O–H groups in total. The van der Waals surface area contributed by atoms with Gasteiger partial charge in [-0.2, -0.15) is 0 Å². The van der Waals surface area contributed by atoms with Crippen LogP contribution in [0.25, 0.3) is 0 Å². The van der Waals surface area contributed by atoms with E-state index in [0.29, 0.717) is 13.0 Å². The molecule has 17 heavy (non-hydrogen) atoms. The van der Waals surface area contributed by atoms with Crippen molar-refractivity contribution in [3.8, 4) is 0 Å². The van der Waals surface area contributed by atoms with Crippen molar-refractivity contribution in [2.45, 2.75) is 25.9 Å². The summed E-state index contributed by atoms with van der Waals surface area (Å²) in [5.41, 5.74) is 2.25. The highest BCUT2D eigenvalue weighted by molar-refractivity contribution is 5.79. The molecule has 4 nitrogen and oxygen atoms in total. The summed E-state index contributed by atoms with van der Waals surface area (Å²) in [5, 5.41) is 0. The maximum Gasteiger partial charge on any atom is 0.227 e. The Hall–Kier alpha value is -1.39. The van der Waals surface area contributed by atoms with Gasteiger partial charge in [-0.3, -0.25) is 9.63 Å². The van der Waals surface area contributed by atoms with E-state index in [1.165, 1.54) is 0 Å². The average Bonchev–Trinajstić information content (AvgIpc) is 2.81. The van der Waals surface area contributed by atoms with Crippen LogP contribution in [-0.4, -0.2) is 30.0 Å². The Morgan fingerprint density at radius 2 is 2.29 bits per heavy atom. The predicted octanol–water partition coefficient (Wildman–Crippen LogP) is 1.03. The molecule has 1 fully saturated rings. The minimum Gasteiger partial charge on any atom is -0.340 e. The molecule has 1 aromatic carbocycles. The summed E-state index contributed by atoms with van der Waals surface area (Å²) in [5.74, 6) is 5.29. The topological polar surface area (TPSA) is 55.6 Å². The third kappa shape index (κ3) is 2.84. The minimum atomic E-state index is -0.00387. The summed E-state index contributed by atoms with van der Waals surface area (Å²) < 4.78 is 0. The number of nitrogens with two attached hydrogens (primary N) is 1. The molecule has 1 aliphatic rings. The highest BCUT2D eigenvalue weighted by atomic mass is 16.6. The summed E-state index contributed by atoms with van der Waals surface area (Å²) in [6, 6.07) is 7.97. The predicted molar refractivity (Wildman–Crippen MR) is 65.1 cm³/mol. The Morgan fingerprint density at radius 3 is 2.94 bits per heavy atom. The van der Waals surface area contributed by atoms with E-state index in [1.54, 1.807) is 0 Å². The molecule has 0 radical (unpaired) electrons. The lowest BCUT2D eigenvalue weighted by Crippen LogP contribution is -2.32. The Morgan fingerprint density at radius 1 is 1.53 bits per heavy atom. The summed E-state index contributed by atoms with van der Waals surface area (Å²) >= 11 is 0. The van der Waals surface area contributed by atoms with Crippen LogP contribution < -0.4 is 5.90 Å². The number of carbonyl (C=O) groups excluding carboxylic acids is 1. The van der Waals surface area contributed by atoms with Gasteiger partial charge in [-0.1, -0.05) is 24.3 Å². The molecule has 0 aromatic heterocycles. The van der Waals surface area contributed by atoms with Crippen LogP contribution in [0.1, 0.15) is 17.5 Å². The fraction of sp³-hybridized carbons (Fsp3) is 0.462. The lowest BCUT2D eigenvalue weighted by atomic mass is 10.1. The molecule has 4 heteroatoms. The second-order valence-corrected chi connectivity index (χ2v) is 4.49. The molecule has 0 aliphatic carbocycles. The van der Waals surface area contributed by atoms with Crippen LogP contribution in [0, 0.1) is 6.92 Å². The van der Waals surface area contributed by atoms with Crippen LogP contribution in [0.15, 0.2) is 24.3 Å². The van der Waals surface area contributed by atoms with Gasteiger partial charge in [-0.05, 0) is 24.5 Å². The first-order valence-corrected chi connectivity index (χ1v) is 5.88. The van der Waals surface area contributed by atoms with Crippen LogP contribution in [0.2, 0.25) is 0 Å². The standard InChI is InChI=1S/C13H18N2O2/c1-10-4-2-3-5-11(10)8-13(16)15-7-6-12(9-15)17-14/h2-5,12H,6-9,14H2,1H3. The third-order valence-electron chi connectivity index (χ3n) is 3.29. The van der Waals surface area contributed by atoms with Gasteiger partial charge in [0.25, 0.3) is 0 Å². The van der Waals surface area contributed by atoms with Crippen molar-refractivity contribution in [3.63, 3.8) is 0 Å². The van der Waals surface area contributed by atoms with Gasteiger partial charge in [0, 0.05) is 13.1 Å². The van der Waals surface area contributed by atoms with Crippen molar-refractivity contribution in [2.75, 3.05) is 13.1 Å². The monoisotopic (exact) mass is 234 g/mol. The molecule has 1 saturated heterocycles. The third-order valence-corrected chi connectivity index (χ3v) is 3.29. The molecular formula is C13H18N2O2. The number of nitrogens with zero attached hydrogens (tertiary/aromatic N) is 1. The van der Waals surface area contributed by atoms with Gasteiger partial charge in [-0.25, -0.2) is 5.90 Å². The van der Waals surface area contributed by atoms with E-state index >= 15 is 0 Å². The Balaban J connectivity index is 1.96. The zero-order valence-corrected chi connectivity index (χ0v) is 10.1. The number of aryl methyl sites for hydroxylation is 1. The molecular weight excluding hydrogens is 216 g/mol. The molecule has 1 aromatic rings. The van der Waals surface area contributed by atoms with Crippen LogP contribution in [0.4, 0.5) is 0 Å². The SMILES string of the molecule is Cc1ccccc1CC(=O)N1CCC(ON)C1. The lowest BCUT2D eigenvalue weighted by molar-refractivity contribution is -0.130. The van der Waals surface area contributed by atoms with E-state index in [0.717, 1.165) is 24.1 Å². The first-order valence-electron chi connectivity index (χ1n) is 5.88. The molecule has 0 bridgehead atoms.